The topological polar surface area (TPSA) is 165 Å². The lowest BCUT2D eigenvalue weighted by atomic mass is 10.1. The molecule has 5 N–H and O–H groups in total. The van der Waals surface area contributed by atoms with E-state index in [2.05, 4.69) is 43.1 Å². The molecule has 1 aliphatic heterocycles. The first-order valence-electron chi connectivity index (χ1n) is 20.3. The molecule has 2 unspecified atom stereocenters. The van der Waals surface area contributed by atoms with Gasteiger partial charge in [-0.25, -0.2) is 4.98 Å². The van der Waals surface area contributed by atoms with Crippen LogP contribution in [-0.4, -0.2) is 71.5 Å². The Labute approximate surface area is 341 Å². The Morgan fingerprint density at radius 3 is 2.16 bits per heavy atom. The van der Waals surface area contributed by atoms with E-state index < -0.39 is 6.04 Å². The van der Waals surface area contributed by atoms with E-state index in [1.807, 2.05) is 91.0 Å². The molecular formula is C46H55N7O5. The highest BCUT2D eigenvalue weighted by molar-refractivity contribution is 5.87. The van der Waals surface area contributed by atoms with Crippen LogP contribution in [0.3, 0.4) is 0 Å². The van der Waals surface area contributed by atoms with Crippen molar-refractivity contribution < 1.29 is 24.0 Å². The van der Waals surface area contributed by atoms with E-state index in [0.717, 1.165) is 61.5 Å². The highest BCUT2D eigenvalue weighted by Gasteiger charge is 2.34. The van der Waals surface area contributed by atoms with Gasteiger partial charge in [-0.1, -0.05) is 84.8 Å². The third kappa shape index (κ3) is 14.8. The van der Waals surface area contributed by atoms with Gasteiger partial charge < -0.3 is 35.9 Å². The van der Waals surface area contributed by atoms with Crippen LogP contribution in [0.25, 0.3) is 0 Å². The van der Waals surface area contributed by atoms with Crippen LogP contribution in [0.4, 0.5) is 0 Å². The summed E-state index contributed by atoms with van der Waals surface area (Å²) in [6, 6.07) is 28.7. The molecule has 1 saturated heterocycles. The smallest absolute Gasteiger partial charge is 0.242 e. The number of benzene rings is 3. The van der Waals surface area contributed by atoms with Gasteiger partial charge in [0, 0.05) is 43.5 Å². The second-order valence-corrected chi connectivity index (χ2v) is 14.7. The van der Waals surface area contributed by atoms with Gasteiger partial charge in [-0.15, -0.1) is 0 Å². The number of amides is 4. The van der Waals surface area contributed by atoms with Crippen LogP contribution < -0.4 is 21.3 Å². The zero-order valence-electron chi connectivity index (χ0n) is 33.3. The lowest BCUT2D eigenvalue weighted by molar-refractivity contribution is -0.134. The fraction of sp³-hybridized carbons (Fsp3) is 0.391. The molecule has 2 atom stereocenters. The fourth-order valence-electron chi connectivity index (χ4n) is 6.24. The Balaban J connectivity index is 0.000000501. The summed E-state index contributed by atoms with van der Waals surface area (Å²) in [6.45, 7) is 1.60. The van der Waals surface area contributed by atoms with Crippen molar-refractivity contribution in [3.63, 3.8) is 0 Å². The van der Waals surface area contributed by atoms with Crippen molar-refractivity contribution in [3.8, 4) is 11.8 Å². The summed E-state index contributed by atoms with van der Waals surface area (Å²) in [5, 5.41) is 11.7. The number of carbonyl (C=O) groups excluding carboxylic acids is 5. The van der Waals surface area contributed by atoms with E-state index in [1.54, 1.807) is 18.1 Å². The number of likely N-dealkylation sites (tertiary alicyclic amines) is 1. The Kier molecular flexibility index (Phi) is 17.3. The number of imidazole rings is 1. The van der Waals surface area contributed by atoms with E-state index in [-0.39, 0.29) is 42.1 Å². The van der Waals surface area contributed by atoms with Crippen LogP contribution in [0.15, 0.2) is 97.2 Å². The van der Waals surface area contributed by atoms with Crippen LogP contribution >= 0.6 is 0 Å². The number of H-pyrrole nitrogens is 1. The van der Waals surface area contributed by atoms with Crippen LogP contribution in [-0.2, 0) is 30.5 Å². The normalized spacial score (nSPS) is 15.8. The quantitative estimate of drug-likeness (QED) is 0.0633. The number of likely N-dealkylation sites (N-methyl/N-ethyl adjacent to an activating group) is 1. The van der Waals surface area contributed by atoms with E-state index in [4.69, 9.17) is 0 Å². The largest absolute Gasteiger partial charge is 0.354 e. The zero-order valence-corrected chi connectivity index (χ0v) is 33.3. The molecule has 12 heteroatoms. The van der Waals surface area contributed by atoms with Gasteiger partial charge in [-0.3, -0.25) is 19.2 Å². The minimum absolute atomic E-state index is 0.0213. The maximum atomic E-state index is 12.8. The summed E-state index contributed by atoms with van der Waals surface area (Å²) in [4.78, 5) is 68.6. The molecular weight excluding hydrogens is 731 g/mol. The monoisotopic (exact) mass is 785 g/mol. The van der Waals surface area contributed by atoms with Gasteiger partial charge in [0.2, 0.25) is 23.6 Å². The Morgan fingerprint density at radius 2 is 1.53 bits per heavy atom. The molecule has 4 amide bonds. The number of nitrogens with zero attached hydrogens (tertiary/aromatic N) is 2. The second kappa shape index (κ2) is 23.2. The Morgan fingerprint density at radius 1 is 0.845 bits per heavy atom. The van der Waals surface area contributed by atoms with Crippen LogP contribution in [0.1, 0.15) is 98.1 Å². The van der Waals surface area contributed by atoms with E-state index in [0.29, 0.717) is 56.3 Å². The van der Waals surface area contributed by atoms with Gasteiger partial charge in [0.05, 0.1) is 18.8 Å². The van der Waals surface area contributed by atoms with Crippen molar-refractivity contribution in [2.24, 2.45) is 11.8 Å². The summed E-state index contributed by atoms with van der Waals surface area (Å²) in [5.41, 5.74) is 3.37. The molecule has 3 aromatic carbocycles. The summed E-state index contributed by atoms with van der Waals surface area (Å²) >= 11 is 0. The number of hydrogen-bond donors (Lipinski definition) is 5. The second-order valence-electron chi connectivity index (χ2n) is 14.7. The number of aldehydes is 1. The Bertz CT molecular complexity index is 1940. The van der Waals surface area contributed by atoms with Gasteiger partial charge in [0.15, 0.2) is 0 Å². The standard InChI is InChI=1S/C36H43N7O4.C6H6.C4H6O/c1-37-33(27-8-3-2-4-9-27)36(47)38-20-6-5-11-31(44)39-22-26-14-12-25(13-15-26)16-19-29-23-40-34(42-29)30-10-7-21-43(30)32(45)24-41-35(46)28-17-18-28;1-2-4-6-5-3-1;5-3-4-1-2-4/h2-4,8-9,12-15,23,28,30,33,37H,5-7,10-11,17-18,20-22,24H2,1H3,(H,38,47)(H,39,44)(H,40,42)(H,41,46);1-6H;3-4H,1-2H2. The molecule has 12 nitrogen and oxygen atoms in total. The third-order valence-corrected chi connectivity index (χ3v) is 9.93. The van der Waals surface area contributed by atoms with E-state index in [9.17, 15) is 24.0 Å². The summed E-state index contributed by atoms with van der Waals surface area (Å²) in [6.07, 6.45) is 10.3. The van der Waals surface area contributed by atoms with Gasteiger partial charge in [0.1, 0.15) is 23.8 Å². The molecule has 0 bridgehead atoms. The first-order valence-corrected chi connectivity index (χ1v) is 20.3. The average molecular weight is 786 g/mol. The molecule has 0 radical (unpaired) electrons. The molecule has 58 heavy (non-hydrogen) atoms. The van der Waals surface area contributed by atoms with Crippen molar-refractivity contribution in [3.05, 3.63) is 125 Å². The summed E-state index contributed by atoms with van der Waals surface area (Å²) in [5.74, 6) is 7.24. The molecule has 4 aromatic rings. The van der Waals surface area contributed by atoms with Crippen LogP contribution in [0.2, 0.25) is 0 Å². The average Bonchev–Trinajstić information content (AvgIpc) is 4.20. The molecule has 2 heterocycles. The zero-order chi connectivity index (χ0) is 41.0. The molecule has 0 spiro atoms. The predicted octanol–water partition coefficient (Wildman–Crippen LogP) is 5.14. The molecule has 3 aliphatic rings. The molecule has 2 saturated carbocycles. The van der Waals surface area contributed by atoms with Crippen molar-refractivity contribution in [1.82, 2.24) is 36.1 Å². The lowest BCUT2D eigenvalue weighted by Crippen LogP contribution is -2.40. The number of aromatic nitrogens is 2. The van der Waals surface area contributed by atoms with Crippen LogP contribution in [0, 0.1) is 23.7 Å². The number of rotatable bonds is 15. The van der Waals surface area contributed by atoms with Gasteiger partial charge in [-0.2, -0.15) is 0 Å². The minimum Gasteiger partial charge on any atom is -0.354 e. The molecule has 2 aliphatic carbocycles. The predicted molar refractivity (Wildman–Crippen MR) is 223 cm³/mol. The Hall–Kier alpha value is -6.06. The third-order valence-electron chi connectivity index (χ3n) is 9.93. The maximum Gasteiger partial charge on any atom is 0.242 e. The van der Waals surface area contributed by atoms with Crippen molar-refractivity contribution in [1.29, 1.82) is 0 Å². The number of unbranched alkanes of at least 4 members (excludes halogenated alkanes) is 1. The van der Waals surface area contributed by atoms with Gasteiger partial charge in [0.25, 0.3) is 0 Å². The summed E-state index contributed by atoms with van der Waals surface area (Å²) in [7, 11) is 1.76. The van der Waals surface area contributed by atoms with Gasteiger partial charge >= 0.3 is 0 Å². The van der Waals surface area contributed by atoms with Crippen LogP contribution in [0.5, 0.6) is 0 Å². The molecule has 1 aromatic heterocycles. The van der Waals surface area contributed by atoms with Crippen molar-refractivity contribution in [2.75, 3.05) is 26.7 Å². The SMILES string of the molecule is CNC(C(=O)NCCCCC(=O)NCc1ccc(C#Cc2cnc(C3CCCN3C(=O)CNC(=O)C3CC3)[nH]2)cc1)c1ccccc1.O=CC1CC1.c1ccccc1. The maximum absolute atomic E-state index is 12.8. The van der Waals surface area contributed by atoms with Crippen molar-refractivity contribution in [2.45, 2.75) is 76.4 Å². The number of hydrogen-bond acceptors (Lipinski definition) is 7. The van der Waals surface area contributed by atoms with E-state index in [1.165, 1.54) is 0 Å². The fourth-order valence-corrected chi connectivity index (χ4v) is 6.24. The molecule has 3 fully saturated rings. The summed E-state index contributed by atoms with van der Waals surface area (Å²) < 4.78 is 0. The molecule has 7 rings (SSSR count). The van der Waals surface area contributed by atoms with E-state index >= 15 is 0 Å². The van der Waals surface area contributed by atoms with Crippen molar-refractivity contribution >= 4 is 29.9 Å². The number of aromatic amines is 1. The molecule has 304 valence electrons. The first-order chi connectivity index (χ1) is 28.3. The first kappa shape index (κ1) is 43.1. The minimum atomic E-state index is -0.402. The highest BCUT2D eigenvalue weighted by atomic mass is 16.2. The van der Waals surface area contributed by atoms with Gasteiger partial charge in [-0.05, 0) is 87.6 Å². The number of carbonyl (C=O) groups is 5. The number of nitrogens with one attached hydrogen (secondary N) is 5. The lowest BCUT2D eigenvalue weighted by Gasteiger charge is -2.23. The highest BCUT2D eigenvalue weighted by Crippen LogP contribution is 2.31.